The molecule has 2 N–H and O–H groups in total. The van der Waals surface area contributed by atoms with Crippen molar-refractivity contribution in [2.24, 2.45) is 17.8 Å². The second-order valence-corrected chi connectivity index (χ2v) is 9.92. The van der Waals surface area contributed by atoms with Gasteiger partial charge in [-0.3, -0.25) is 9.89 Å². The molecule has 2 aliphatic rings. The molecule has 1 aromatic carbocycles. The van der Waals surface area contributed by atoms with E-state index >= 15 is 0 Å². The van der Waals surface area contributed by atoms with Crippen molar-refractivity contribution in [2.45, 2.75) is 59.3 Å². The molecule has 2 aromatic heterocycles. The lowest BCUT2D eigenvalue weighted by Gasteiger charge is -2.30. The molecule has 1 aliphatic carbocycles. The van der Waals surface area contributed by atoms with Crippen molar-refractivity contribution in [1.82, 2.24) is 20.2 Å². The summed E-state index contributed by atoms with van der Waals surface area (Å²) in [6.45, 7) is 7.88. The molecule has 33 heavy (non-hydrogen) atoms. The number of hydrogen-bond acceptors (Lipinski definition) is 4. The van der Waals surface area contributed by atoms with Gasteiger partial charge in [0.2, 0.25) is 5.91 Å². The zero-order valence-electron chi connectivity index (χ0n) is 20.2. The number of carbonyl (C=O) groups excluding carboxylic acids is 1. The lowest BCUT2D eigenvalue weighted by atomic mass is 9.85. The van der Waals surface area contributed by atoms with Crippen LogP contribution in [0.5, 0.6) is 0 Å². The number of carbonyl (C=O) groups is 1. The smallest absolute Gasteiger partial charge is 0.229 e. The number of hydrogen-bond donors (Lipinski definition) is 2. The lowest BCUT2D eigenvalue weighted by Crippen LogP contribution is -2.37. The van der Waals surface area contributed by atoms with Gasteiger partial charge in [-0.1, -0.05) is 20.3 Å². The number of rotatable bonds is 5. The van der Waals surface area contributed by atoms with Gasteiger partial charge in [0.25, 0.3) is 0 Å². The summed E-state index contributed by atoms with van der Waals surface area (Å²) in [4.78, 5) is 23.5. The normalized spacial score (nSPS) is 20.1. The van der Waals surface area contributed by atoms with Crippen LogP contribution >= 0.6 is 0 Å². The van der Waals surface area contributed by atoms with Crippen molar-refractivity contribution >= 4 is 22.6 Å². The first-order valence-corrected chi connectivity index (χ1v) is 12.4. The number of ether oxygens (including phenoxy) is 1. The Morgan fingerprint density at radius 3 is 2.82 bits per heavy atom. The highest BCUT2D eigenvalue weighted by atomic mass is 16.5. The fourth-order valence-corrected chi connectivity index (χ4v) is 5.58. The zero-order valence-corrected chi connectivity index (χ0v) is 20.2. The standard InChI is InChI=1S/C26H35N5O2/c1-5-17-6-7-20-19(13-17)24(30-29-20)25-27-21-12-15(2)23(14-22(21)28-25)31(4)26(32)16(3)18-8-10-33-11-9-18/h12,14,16-18H,5-11,13H2,1-4H3,(H,27,28)(H,29,30)/t16-,17+/m1/s1. The number of H-pyrrole nitrogens is 2. The van der Waals surface area contributed by atoms with Crippen molar-refractivity contribution in [3.63, 3.8) is 0 Å². The molecular weight excluding hydrogens is 414 g/mol. The quantitative estimate of drug-likeness (QED) is 0.586. The number of fused-ring (bicyclic) bond motifs is 2. The van der Waals surface area contributed by atoms with Crippen molar-refractivity contribution in [1.29, 1.82) is 0 Å². The summed E-state index contributed by atoms with van der Waals surface area (Å²) in [5, 5.41) is 7.86. The average molecular weight is 450 g/mol. The highest BCUT2D eigenvalue weighted by Gasteiger charge is 2.29. The number of imidazole rings is 1. The number of aromatic nitrogens is 4. The molecule has 1 saturated heterocycles. The molecule has 0 unspecified atom stereocenters. The molecule has 5 rings (SSSR count). The Kier molecular flexibility index (Phi) is 5.99. The molecule has 2 atom stereocenters. The van der Waals surface area contributed by atoms with Crippen LogP contribution in [0.3, 0.4) is 0 Å². The Labute approximate surface area is 195 Å². The number of benzene rings is 1. The summed E-state index contributed by atoms with van der Waals surface area (Å²) < 4.78 is 5.48. The van der Waals surface area contributed by atoms with Crippen LogP contribution in [0.1, 0.15) is 56.4 Å². The molecule has 176 valence electrons. The number of amides is 1. The summed E-state index contributed by atoms with van der Waals surface area (Å²) >= 11 is 0. The summed E-state index contributed by atoms with van der Waals surface area (Å²) in [5.41, 5.74) is 7.31. The second kappa shape index (κ2) is 8.93. The van der Waals surface area contributed by atoms with Crippen LogP contribution in [0.2, 0.25) is 0 Å². The molecule has 1 amide bonds. The summed E-state index contributed by atoms with van der Waals surface area (Å²) in [7, 11) is 1.88. The Balaban J connectivity index is 1.43. The maximum Gasteiger partial charge on any atom is 0.229 e. The molecule has 7 nitrogen and oxygen atoms in total. The van der Waals surface area contributed by atoms with E-state index in [1.807, 2.05) is 18.0 Å². The number of nitrogens with one attached hydrogen (secondary N) is 2. The van der Waals surface area contributed by atoms with Crippen LogP contribution in [-0.2, 0) is 22.4 Å². The Morgan fingerprint density at radius 2 is 2.06 bits per heavy atom. The molecule has 1 fully saturated rings. The van der Waals surface area contributed by atoms with Crippen molar-refractivity contribution in [2.75, 3.05) is 25.2 Å². The van der Waals surface area contributed by atoms with Gasteiger partial charge in [0.05, 0.1) is 11.0 Å². The van der Waals surface area contributed by atoms with E-state index in [0.717, 1.165) is 72.7 Å². The minimum absolute atomic E-state index is 0.0224. The third kappa shape index (κ3) is 4.07. The van der Waals surface area contributed by atoms with Crippen LogP contribution in [0.4, 0.5) is 5.69 Å². The monoisotopic (exact) mass is 449 g/mol. The van der Waals surface area contributed by atoms with Crippen LogP contribution < -0.4 is 4.90 Å². The van der Waals surface area contributed by atoms with E-state index < -0.39 is 0 Å². The maximum absolute atomic E-state index is 13.3. The number of aromatic amines is 2. The van der Waals surface area contributed by atoms with E-state index in [4.69, 9.17) is 9.72 Å². The van der Waals surface area contributed by atoms with E-state index in [0.29, 0.717) is 11.8 Å². The van der Waals surface area contributed by atoms with E-state index in [1.165, 1.54) is 24.1 Å². The van der Waals surface area contributed by atoms with Gasteiger partial charge in [-0.05, 0) is 68.6 Å². The number of aryl methyl sites for hydroxylation is 2. The number of nitrogens with zero attached hydrogens (tertiary/aromatic N) is 3. The maximum atomic E-state index is 13.3. The molecule has 0 radical (unpaired) electrons. The Bertz CT molecular complexity index is 1160. The predicted octanol–water partition coefficient (Wildman–Crippen LogP) is 4.80. The van der Waals surface area contributed by atoms with Crippen LogP contribution in [0.25, 0.3) is 22.6 Å². The summed E-state index contributed by atoms with van der Waals surface area (Å²) in [6.07, 6.45) is 6.44. The van der Waals surface area contributed by atoms with Gasteiger partial charge in [-0.2, -0.15) is 5.10 Å². The first-order chi connectivity index (χ1) is 16.0. The topological polar surface area (TPSA) is 86.9 Å². The van der Waals surface area contributed by atoms with Gasteiger partial charge in [-0.15, -0.1) is 0 Å². The first-order valence-electron chi connectivity index (χ1n) is 12.4. The van der Waals surface area contributed by atoms with Crippen LogP contribution in [-0.4, -0.2) is 46.3 Å². The van der Waals surface area contributed by atoms with E-state index in [9.17, 15) is 4.79 Å². The lowest BCUT2D eigenvalue weighted by molar-refractivity contribution is -0.124. The first kappa shape index (κ1) is 22.1. The van der Waals surface area contributed by atoms with Crippen LogP contribution in [0.15, 0.2) is 12.1 Å². The van der Waals surface area contributed by atoms with Crippen molar-refractivity contribution < 1.29 is 9.53 Å². The summed E-state index contributed by atoms with van der Waals surface area (Å²) in [6, 6.07) is 4.13. The van der Waals surface area contributed by atoms with Gasteiger partial charge >= 0.3 is 0 Å². The van der Waals surface area contributed by atoms with Gasteiger partial charge < -0.3 is 14.6 Å². The van der Waals surface area contributed by atoms with Gasteiger partial charge in [0.1, 0.15) is 5.69 Å². The van der Waals surface area contributed by atoms with E-state index in [1.54, 1.807) is 0 Å². The fourth-order valence-electron chi connectivity index (χ4n) is 5.58. The molecule has 1 aliphatic heterocycles. The molecule has 0 saturated carbocycles. The largest absolute Gasteiger partial charge is 0.381 e. The fraction of sp³-hybridized carbons (Fsp3) is 0.577. The minimum atomic E-state index is -0.0224. The van der Waals surface area contributed by atoms with E-state index in [2.05, 4.69) is 42.0 Å². The third-order valence-corrected chi connectivity index (χ3v) is 7.90. The summed E-state index contributed by atoms with van der Waals surface area (Å²) in [5.74, 6) is 2.04. The SMILES string of the molecule is CC[C@H]1CCc2[nH]nc(-c3nc4cc(N(C)C(=O)[C@H](C)C5CCOCC5)c(C)cc4[nH]3)c2C1. The molecule has 3 heterocycles. The van der Waals surface area contributed by atoms with Gasteiger partial charge in [0.15, 0.2) is 5.82 Å². The Morgan fingerprint density at radius 1 is 1.27 bits per heavy atom. The molecule has 3 aromatic rings. The van der Waals surface area contributed by atoms with E-state index in [-0.39, 0.29) is 11.8 Å². The molecule has 0 spiro atoms. The minimum Gasteiger partial charge on any atom is -0.381 e. The highest BCUT2D eigenvalue weighted by molar-refractivity contribution is 5.97. The third-order valence-electron chi connectivity index (χ3n) is 7.90. The van der Waals surface area contributed by atoms with Crippen LogP contribution in [0, 0.1) is 24.7 Å². The van der Waals surface area contributed by atoms with Gasteiger partial charge in [0, 0.05) is 43.1 Å². The molecule has 0 bridgehead atoms. The highest BCUT2D eigenvalue weighted by Crippen LogP contribution is 2.34. The molecule has 7 heteroatoms. The Hall–Kier alpha value is -2.67. The predicted molar refractivity (Wildman–Crippen MR) is 130 cm³/mol. The second-order valence-electron chi connectivity index (χ2n) is 9.92. The number of anilines is 1. The van der Waals surface area contributed by atoms with Crippen molar-refractivity contribution in [3.05, 3.63) is 29.0 Å². The average Bonchev–Trinajstić information content (AvgIpc) is 3.45. The van der Waals surface area contributed by atoms with Crippen molar-refractivity contribution in [3.8, 4) is 11.5 Å². The molecular formula is C26H35N5O2. The zero-order chi connectivity index (χ0) is 23.1. The van der Waals surface area contributed by atoms with Gasteiger partial charge in [-0.25, -0.2) is 4.98 Å².